The molecule has 0 aromatic heterocycles. The fourth-order valence-corrected chi connectivity index (χ4v) is 4.97. The van der Waals surface area contributed by atoms with Crippen molar-refractivity contribution >= 4 is 21.4 Å². The highest BCUT2D eigenvalue weighted by molar-refractivity contribution is 7.93. The standard InChI is InChI=1S/C18H21N3O3S/c22-25(23)18(14-20-12-10-19-11-13-20)24-17-9-5-4-8-16(17)21(25)15-6-2-1-3-7-15/h1-9,18-19H,10-14H2. The molecule has 0 bridgehead atoms. The minimum Gasteiger partial charge on any atom is -0.469 e. The first-order chi connectivity index (χ1) is 12.2. The van der Waals surface area contributed by atoms with E-state index in [1.54, 1.807) is 6.07 Å². The largest absolute Gasteiger partial charge is 0.469 e. The van der Waals surface area contributed by atoms with Crippen molar-refractivity contribution in [1.29, 1.82) is 0 Å². The van der Waals surface area contributed by atoms with Gasteiger partial charge in [-0.25, -0.2) is 12.7 Å². The highest BCUT2D eigenvalue weighted by Crippen LogP contribution is 2.42. The Morgan fingerprint density at radius 1 is 1.00 bits per heavy atom. The van der Waals surface area contributed by atoms with E-state index in [9.17, 15) is 8.42 Å². The number of nitrogens with zero attached hydrogens (tertiary/aromatic N) is 2. The lowest BCUT2D eigenvalue weighted by molar-refractivity contribution is 0.166. The molecular weight excluding hydrogens is 338 g/mol. The first kappa shape index (κ1) is 16.4. The van der Waals surface area contributed by atoms with Crippen molar-refractivity contribution in [1.82, 2.24) is 10.2 Å². The minimum absolute atomic E-state index is 0.363. The molecule has 1 atom stereocenters. The molecule has 2 aromatic rings. The Bertz CT molecular complexity index is 836. The number of benzene rings is 2. The Balaban J connectivity index is 1.74. The average Bonchev–Trinajstić information content (AvgIpc) is 2.64. The van der Waals surface area contributed by atoms with E-state index in [-0.39, 0.29) is 0 Å². The second kappa shape index (κ2) is 6.67. The molecule has 0 amide bonds. The lowest BCUT2D eigenvalue weighted by atomic mass is 10.2. The van der Waals surface area contributed by atoms with Crippen LogP contribution in [0.5, 0.6) is 5.75 Å². The molecule has 1 saturated heterocycles. The normalized spacial score (nSPS) is 22.9. The van der Waals surface area contributed by atoms with Crippen LogP contribution in [0, 0.1) is 0 Å². The topological polar surface area (TPSA) is 61.9 Å². The molecule has 132 valence electrons. The molecule has 1 unspecified atom stereocenters. The van der Waals surface area contributed by atoms with Crippen LogP contribution in [0.1, 0.15) is 0 Å². The van der Waals surface area contributed by atoms with Crippen molar-refractivity contribution in [3.8, 4) is 5.75 Å². The van der Waals surface area contributed by atoms with Crippen molar-refractivity contribution in [2.24, 2.45) is 0 Å². The quantitative estimate of drug-likeness (QED) is 0.905. The van der Waals surface area contributed by atoms with Gasteiger partial charge in [0, 0.05) is 26.2 Å². The number of nitrogens with one attached hydrogen (secondary N) is 1. The van der Waals surface area contributed by atoms with E-state index >= 15 is 0 Å². The molecule has 25 heavy (non-hydrogen) atoms. The zero-order valence-corrected chi connectivity index (χ0v) is 14.7. The van der Waals surface area contributed by atoms with Gasteiger partial charge < -0.3 is 10.1 Å². The maximum atomic E-state index is 13.3. The summed E-state index contributed by atoms with van der Waals surface area (Å²) < 4.78 is 33.9. The molecule has 2 aliphatic rings. The van der Waals surface area contributed by atoms with Crippen LogP contribution in [-0.4, -0.2) is 51.5 Å². The summed E-state index contributed by atoms with van der Waals surface area (Å²) in [6, 6.07) is 16.5. The van der Waals surface area contributed by atoms with Crippen molar-refractivity contribution in [3.05, 3.63) is 54.6 Å². The Morgan fingerprint density at radius 2 is 1.68 bits per heavy atom. The second-order valence-electron chi connectivity index (χ2n) is 6.21. The number of ether oxygens (including phenoxy) is 1. The maximum Gasteiger partial charge on any atom is 0.279 e. The van der Waals surface area contributed by atoms with Gasteiger partial charge in [0.05, 0.1) is 17.9 Å². The molecular formula is C18H21N3O3S. The van der Waals surface area contributed by atoms with Crippen molar-refractivity contribution in [3.63, 3.8) is 0 Å². The zero-order valence-electron chi connectivity index (χ0n) is 13.8. The highest BCUT2D eigenvalue weighted by atomic mass is 32.2. The fraction of sp³-hybridized carbons (Fsp3) is 0.333. The fourth-order valence-electron chi connectivity index (χ4n) is 3.27. The first-order valence-corrected chi connectivity index (χ1v) is 9.94. The van der Waals surface area contributed by atoms with Gasteiger partial charge in [-0.05, 0) is 24.3 Å². The first-order valence-electron chi connectivity index (χ1n) is 8.44. The van der Waals surface area contributed by atoms with E-state index in [4.69, 9.17) is 4.74 Å². The van der Waals surface area contributed by atoms with Crippen LogP contribution in [0.25, 0.3) is 0 Å². The van der Waals surface area contributed by atoms with Crippen molar-refractivity contribution in [2.75, 3.05) is 37.0 Å². The number of sulfonamides is 1. The molecule has 7 heteroatoms. The van der Waals surface area contributed by atoms with Gasteiger partial charge in [0.1, 0.15) is 5.75 Å². The van der Waals surface area contributed by atoms with Crippen molar-refractivity contribution in [2.45, 2.75) is 5.44 Å². The van der Waals surface area contributed by atoms with E-state index in [0.29, 0.717) is 23.7 Å². The predicted octanol–water partition coefficient (Wildman–Crippen LogP) is 1.78. The number of hydrogen-bond donors (Lipinski definition) is 1. The summed E-state index contributed by atoms with van der Waals surface area (Å²) in [5, 5.41) is 3.28. The number of rotatable bonds is 3. The Morgan fingerprint density at radius 3 is 2.44 bits per heavy atom. The van der Waals surface area contributed by atoms with Crippen LogP contribution < -0.4 is 14.4 Å². The summed E-state index contributed by atoms with van der Waals surface area (Å²) in [6.07, 6.45) is 0. The van der Waals surface area contributed by atoms with Crippen LogP contribution in [-0.2, 0) is 10.0 Å². The summed E-state index contributed by atoms with van der Waals surface area (Å²) in [4.78, 5) is 2.13. The summed E-state index contributed by atoms with van der Waals surface area (Å²) >= 11 is 0. The Labute approximate surface area is 148 Å². The van der Waals surface area contributed by atoms with Gasteiger partial charge in [-0.1, -0.05) is 30.3 Å². The third-order valence-corrected chi connectivity index (χ3v) is 6.36. The van der Waals surface area contributed by atoms with Gasteiger partial charge in [0.15, 0.2) is 0 Å². The molecule has 2 aliphatic heterocycles. The molecule has 2 aromatic carbocycles. The molecule has 1 N–H and O–H groups in total. The molecule has 4 rings (SSSR count). The van der Waals surface area contributed by atoms with Crippen LogP contribution in [0.2, 0.25) is 0 Å². The molecule has 6 nitrogen and oxygen atoms in total. The molecule has 0 saturated carbocycles. The Kier molecular flexibility index (Phi) is 4.37. The molecule has 1 fully saturated rings. The van der Waals surface area contributed by atoms with Crippen LogP contribution >= 0.6 is 0 Å². The highest BCUT2D eigenvalue weighted by Gasteiger charge is 2.42. The molecule has 0 radical (unpaired) electrons. The minimum atomic E-state index is -3.68. The predicted molar refractivity (Wildman–Crippen MR) is 97.7 cm³/mol. The Hall–Kier alpha value is -2.09. The number of hydrogen-bond acceptors (Lipinski definition) is 5. The summed E-state index contributed by atoms with van der Waals surface area (Å²) in [5.74, 6) is 0.598. The van der Waals surface area contributed by atoms with Crippen LogP contribution in [0.3, 0.4) is 0 Å². The van der Waals surface area contributed by atoms with Gasteiger partial charge in [0.25, 0.3) is 10.0 Å². The molecule has 0 spiro atoms. The van der Waals surface area contributed by atoms with Gasteiger partial charge in [-0.2, -0.15) is 0 Å². The number of piperazine rings is 1. The third-order valence-electron chi connectivity index (χ3n) is 4.54. The summed E-state index contributed by atoms with van der Waals surface area (Å²) in [7, 11) is -3.68. The van der Waals surface area contributed by atoms with Gasteiger partial charge >= 0.3 is 0 Å². The van der Waals surface area contributed by atoms with E-state index in [0.717, 1.165) is 26.2 Å². The maximum absolute atomic E-state index is 13.3. The van der Waals surface area contributed by atoms with E-state index in [1.165, 1.54) is 4.31 Å². The summed E-state index contributed by atoms with van der Waals surface area (Å²) in [6.45, 7) is 3.74. The SMILES string of the molecule is O=S1(=O)C(CN2CCNCC2)Oc2ccccc2N1c1ccccc1. The lowest BCUT2D eigenvalue weighted by Gasteiger charge is -2.38. The third kappa shape index (κ3) is 3.10. The lowest BCUT2D eigenvalue weighted by Crippen LogP contribution is -2.52. The molecule has 0 aliphatic carbocycles. The summed E-state index contributed by atoms with van der Waals surface area (Å²) in [5.41, 5.74) is 0.273. The van der Waals surface area contributed by atoms with Gasteiger partial charge in [0.2, 0.25) is 5.44 Å². The second-order valence-corrected chi connectivity index (χ2v) is 8.13. The number of fused-ring (bicyclic) bond motifs is 1. The van der Waals surface area contributed by atoms with E-state index in [1.807, 2.05) is 48.5 Å². The average molecular weight is 359 g/mol. The monoisotopic (exact) mass is 359 g/mol. The van der Waals surface area contributed by atoms with E-state index in [2.05, 4.69) is 10.2 Å². The molecule has 2 heterocycles. The van der Waals surface area contributed by atoms with Crippen LogP contribution in [0.4, 0.5) is 11.4 Å². The van der Waals surface area contributed by atoms with Crippen molar-refractivity contribution < 1.29 is 13.2 Å². The van der Waals surface area contributed by atoms with E-state index < -0.39 is 15.5 Å². The zero-order chi connectivity index (χ0) is 17.3. The van der Waals surface area contributed by atoms with Gasteiger partial charge in [-0.15, -0.1) is 0 Å². The van der Waals surface area contributed by atoms with Crippen LogP contribution in [0.15, 0.2) is 54.6 Å². The number of para-hydroxylation sites is 3. The van der Waals surface area contributed by atoms with Gasteiger partial charge in [-0.3, -0.25) is 4.90 Å². The smallest absolute Gasteiger partial charge is 0.279 e. The number of anilines is 2.